The topological polar surface area (TPSA) is 124 Å². The van der Waals surface area contributed by atoms with Crippen LogP contribution in [0.4, 0.5) is 5.69 Å². The zero-order valence-corrected chi connectivity index (χ0v) is 9.81. The van der Waals surface area contributed by atoms with Crippen molar-refractivity contribution >= 4 is 24.0 Å². The predicted octanol–water partition coefficient (Wildman–Crippen LogP) is -0.150. The van der Waals surface area contributed by atoms with Crippen LogP contribution in [0.25, 0.3) is 0 Å². The molecule has 0 radical (unpaired) electrons. The molecule has 0 aliphatic heterocycles. The molecule has 1 aromatic carbocycles. The van der Waals surface area contributed by atoms with Crippen LogP contribution in [0.5, 0.6) is 0 Å². The van der Waals surface area contributed by atoms with Gasteiger partial charge in [-0.25, -0.2) is 0 Å². The maximum absolute atomic E-state index is 11.8. The zero-order chi connectivity index (χ0) is 14.4. The highest BCUT2D eigenvalue weighted by molar-refractivity contribution is 6.10. The van der Waals surface area contributed by atoms with E-state index in [9.17, 15) is 14.4 Å². The summed E-state index contributed by atoms with van der Waals surface area (Å²) in [5, 5.41) is 17.2. The van der Waals surface area contributed by atoms with Crippen molar-refractivity contribution in [1.82, 2.24) is 0 Å². The second kappa shape index (κ2) is 6.28. The zero-order valence-electron chi connectivity index (χ0n) is 9.81. The van der Waals surface area contributed by atoms with Crippen molar-refractivity contribution in [2.75, 3.05) is 4.90 Å². The molecule has 0 aliphatic rings. The van der Waals surface area contributed by atoms with Crippen LogP contribution in [0.2, 0.25) is 0 Å². The van der Waals surface area contributed by atoms with Crippen LogP contribution in [0.15, 0.2) is 24.3 Å². The number of anilines is 1. The van der Waals surface area contributed by atoms with Gasteiger partial charge < -0.3 is 10.8 Å². The predicted molar refractivity (Wildman–Crippen MR) is 64.9 cm³/mol. The molecule has 0 fully saturated rings. The first kappa shape index (κ1) is 14.3. The Kier molecular flexibility index (Phi) is 4.74. The van der Waals surface area contributed by atoms with Gasteiger partial charge in [0.05, 0.1) is 29.8 Å². The first-order chi connectivity index (χ1) is 8.99. The Balaban J connectivity index is 2.93. The van der Waals surface area contributed by atoms with Crippen LogP contribution in [0.1, 0.15) is 12.0 Å². The number of nitrogens with two attached hydrogens (primary N) is 1. The van der Waals surface area contributed by atoms with E-state index in [0.29, 0.717) is 5.56 Å². The lowest BCUT2D eigenvalue weighted by molar-refractivity contribution is -0.139. The molecule has 1 rings (SSSR count). The fourth-order valence-electron chi connectivity index (χ4n) is 1.39. The van der Waals surface area contributed by atoms with Gasteiger partial charge in [0.2, 0.25) is 6.41 Å². The van der Waals surface area contributed by atoms with Crippen LogP contribution >= 0.6 is 0 Å². The molecular weight excluding hydrogens is 250 g/mol. The number of amides is 2. The lowest BCUT2D eigenvalue weighted by Gasteiger charge is -2.18. The third kappa shape index (κ3) is 3.62. The molecule has 7 nitrogen and oxygen atoms in total. The molecule has 1 atom stereocenters. The Morgan fingerprint density at radius 2 is 2.00 bits per heavy atom. The van der Waals surface area contributed by atoms with Gasteiger partial charge in [0, 0.05) is 0 Å². The number of hydrogen-bond donors (Lipinski definition) is 2. The van der Waals surface area contributed by atoms with Crippen LogP contribution in [0.3, 0.4) is 0 Å². The molecule has 0 saturated heterocycles. The van der Waals surface area contributed by atoms with Gasteiger partial charge in [-0.2, -0.15) is 5.26 Å². The highest BCUT2D eigenvalue weighted by Gasteiger charge is 2.24. The van der Waals surface area contributed by atoms with Gasteiger partial charge in [-0.15, -0.1) is 0 Å². The van der Waals surface area contributed by atoms with Crippen LogP contribution in [-0.4, -0.2) is 29.4 Å². The summed E-state index contributed by atoms with van der Waals surface area (Å²) < 4.78 is 0. The third-order valence-electron chi connectivity index (χ3n) is 2.33. The second-order valence-corrected chi connectivity index (χ2v) is 3.68. The minimum absolute atomic E-state index is 0.222. The number of carboxylic acid groups (broad SMARTS) is 1. The minimum atomic E-state index is -1.31. The van der Waals surface area contributed by atoms with E-state index in [1.54, 1.807) is 0 Å². The van der Waals surface area contributed by atoms with E-state index in [2.05, 4.69) is 0 Å². The number of benzene rings is 1. The van der Waals surface area contributed by atoms with Gasteiger partial charge in [0.25, 0.3) is 5.91 Å². The van der Waals surface area contributed by atoms with Crippen molar-refractivity contribution in [1.29, 1.82) is 5.26 Å². The number of carbonyl (C=O) groups excluding carboxylic acids is 2. The maximum atomic E-state index is 11.8. The van der Waals surface area contributed by atoms with Gasteiger partial charge in [-0.1, -0.05) is 0 Å². The summed E-state index contributed by atoms with van der Waals surface area (Å²) >= 11 is 0. The average molecular weight is 261 g/mol. The van der Waals surface area contributed by atoms with E-state index < -0.39 is 24.3 Å². The van der Waals surface area contributed by atoms with Gasteiger partial charge in [0.15, 0.2) is 0 Å². The fraction of sp³-hybridized carbons (Fsp3) is 0.167. The summed E-state index contributed by atoms with van der Waals surface area (Å²) in [7, 11) is 0. The third-order valence-corrected chi connectivity index (χ3v) is 2.33. The lowest BCUT2D eigenvalue weighted by Crippen LogP contribution is -2.44. The fourth-order valence-corrected chi connectivity index (χ4v) is 1.39. The number of carbonyl (C=O) groups is 3. The molecular formula is C12H11N3O4. The Morgan fingerprint density at radius 3 is 2.42 bits per heavy atom. The van der Waals surface area contributed by atoms with E-state index in [1.807, 2.05) is 6.07 Å². The molecule has 0 aromatic heterocycles. The van der Waals surface area contributed by atoms with E-state index in [1.165, 1.54) is 24.3 Å². The van der Waals surface area contributed by atoms with E-state index in [4.69, 9.17) is 16.1 Å². The SMILES string of the molecule is N#Cc1ccc(N(C=O)C(=O)[C@@H](N)CC(=O)O)cc1. The van der Waals surface area contributed by atoms with Crippen molar-refractivity contribution in [2.45, 2.75) is 12.5 Å². The number of hydrogen-bond acceptors (Lipinski definition) is 5. The minimum Gasteiger partial charge on any atom is -0.481 e. The van der Waals surface area contributed by atoms with Gasteiger partial charge in [0.1, 0.15) is 0 Å². The van der Waals surface area contributed by atoms with Crippen LogP contribution in [-0.2, 0) is 14.4 Å². The Bertz CT molecular complexity index is 533. The number of imide groups is 1. The molecule has 0 spiro atoms. The second-order valence-electron chi connectivity index (χ2n) is 3.68. The number of aliphatic carboxylic acids is 1. The smallest absolute Gasteiger partial charge is 0.305 e. The molecule has 98 valence electrons. The maximum Gasteiger partial charge on any atom is 0.305 e. The summed E-state index contributed by atoms with van der Waals surface area (Å²) in [5.41, 5.74) is 6.00. The Labute approximate surface area is 108 Å². The molecule has 0 bridgehead atoms. The Morgan fingerprint density at radius 1 is 1.42 bits per heavy atom. The number of nitriles is 1. The van der Waals surface area contributed by atoms with Crippen molar-refractivity contribution in [3.63, 3.8) is 0 Å². The normalized spacial score (nSPS) is 11.2. The van der Waals surface area contributed by atoms with Gasteiger partial charge in [-0.3, -0.25) is 19.3 Å². The standard InChI is InChI=1S/C12H11N3O4/c13-6-8-1-3-9(4-2-8)15(7-16)12(19)10(14)5-11(17)18/h1-4,7,10H,5,14H2,(H,17,18)/t10-/m0/s1. The van der Waals surface area contributed by atoms with E-state index >= 15 is 0 Å². The van der Waals surface area contributed by atoms with E-state index in [0.717, 1.165) is 4.90 Å². The molecule has 2 amide bonds. The van der Waals surface area contributed by atoms with Crippen molar-refractivity contribution in [3.8, 4) is 6.07 Å². The number of carboxylic acids is 1. The summed E-state index contributed by atoms with van der Waals surface area (Å²) in [6, 6.07) is 6.25. The van der Waals surface area contributed by atoms with Gasteiger partial charge in [-0.05, 0) is 24.3 Å². The summed E-state index contributed by atoms with van der Waals surface area (Å²) in [5.74, 6) is -2.05. The molecule has 7 heteroatoms. The van der Waals surface area contributed by atoms with Gasteiger partial charge >= 0.3 is 5.97 Å². The molecule has 0 unspecified atom stereocenters. The number of nitrogens with zero attached hydrogens (tertiary/aromatic N) is 2. The molecule has 0 aliphatic carbocycles. The lowest BCUT2D eigenvalue weighted by atomic mass is 10.1. The van der Waals surface area contributed by atoms with Crippen molar-refractivity contribution < 1.29 is 19.5 Å². The summed E-state index contributed by atoms with van der Waals surface area (Å²) in [6.45, 7) is 0. The first-order valence-electron chi connectivity index (χ1n) is 5.25. The molecule has 19 heavy (non-hydrogen) atoms. The number of rotatable bonds is 5. The summed E-state index contributed by atoms with van der Waals surface area (Å²) in [4.78, 5) is 33.9. The van der Waals surface area contributed by atoms with Crippen LogP contribution in [0, 0.1) is 11.3 Å². The Hall–Kier alpha value is -2.72. The largest absolute Gasteiger partial charge is 0.481 e. The average Bonchev–Trinajstić information content (AvgIpc) is 2.39. The molecule has 0 heterocycles. The highest BCUT2D eigenvalue weighted by Crippen LogP contribution is 2.15. The molecule has 0 saturated carbocycles. The van der Waals surface area contributed by atoms with E-state index in [-0.39, 0.29) is 12.1 Å². The van der Waals surface area contributed by atoms with Crippen molar-refractivity contribution in [2.24, 2.45) is 5.73 Å². The van der Waals surface area contributed by atoms with Crippen molar-refractivity contribution in [3.05, 3.63) is 29.8 Å². The van der Waals surface area contributed by atoms with Crippen LogP contribution < -0.4 is 10.6 Å². The molecule has 3 N–H and O–H groups in total. The highest BCUT2D eigenvalue weighted by atomic mass is 16.4. The molecule has 1 aromatic rings. The monoisotopic (exact) mass is 261 g/mol. The quantitative estimate of drug-likeness (QED) is 0.710. The summed E-state index contributed by atoms with van der Waals surface area (Å²) in [6.07, 6.45) is -0.315. The first-order valence-corrected chi connectivity index (χ1v) is 5.25.